The van der Waals surface area contributed by atoms with Crippen LogP contribution in [-0.4, -0.2) is 86.3 Å². The molecule has 6 rings (SSSR count). The minimum atomic E-state index is -2.76. The van der Waals surface area contributed by atoms with E-state index in [1.165, 1.54) is 0 Å². The van der Waals surface area contributed by atoms with E-state index in [2.05, 4.69) is 21.8 Å². The fraction of sp³-hybridized carbons (Fsp3) is 0.231. The first-order chi connectivity index (χ1) is 18.4. The minimum Gasteiger partial charge on any atom is -0.361 e. The predicted octanol–water partition coefficient (Wildman–Crippen LogP) is 2.33. The van der Waals surface area contributed by atoms with Gasteiger partial charge < -0.3 is 24.6 Å². The topological polar surface area (TPSA) is 135 Å². The van der Waals surface area contributed by atoms with Crippen LogP contribution in [0.3, 0.4) is 0 Å². The van der Waals surface area contributed by atoms with Crippen LogP contribution in [0.5, 0.6) is 0 Å². The number of nitrogens with zero attached hydrogens (tertiary/aromatic N) is 5. The number of imide groups is 1. The third kappa shape index (κ3) is 4.24. The van der Waals surface area contributed by atoms with Gasteiger partial charge >= 0.3 is 8.60 Å². The summed E-state index contributed by atoms with van der Waals surface area (Å²) in [6.07, 6.45) is 1.70. The first-order valence-corrected chi connectivity index (χ1v) is 13.3. The summed E-state index contributed by atoms with van der Waals surface area (Å²) in [6.45, 7) is 2.56. The summed E-state index contributed by atoms with van der Waals surface area (Å²) in [5.74, 6) is -0.738. The molecule has 38 heavy (non-hydrogen) atoms. The van der Waals surface area contributed by atoms with Gasteiger partial charge in [0, 0.05) is 54.2 Å². The fourth-order valence-electron chi connectivity index (χ4n) is 4.95. The maximum Gasteiger partial charge on any atom is 0.328 e. The number of hydrogen-bond acceptors (Lipinski definition) is 9. The number of carbonyl (C=O) groups excluding carboxylic acids is 2. The van der Waals surface area contributed by atoms with Gasteiger partial charge in [-0.05, 0) is 19.2 Å². The number of para-hydroxylation sites is 2. The van der Waals surface area contributed by atoms with Gasteiger partial charge in [-0.25, -0.2) is 14.9 Å². The summed E-state index contributed by atoms with van der Waals surface area (Å²) >= 11 is 0. The van der Waals surface area contributed by atoms with Crippen molar-refractivity contribution in [2.24, 2.45) is 0 Å². The quantitative estimate of drug-likeness (QED) is 0.253. The zero-order valence-electron chi connectivity index (χ0n) is 20.5. The number of anilines is 1. The molecule has 2 aromatic heterocycles. The van der Waals surface area contributed by atoms with Gasteiger partial charge in [-0.15, -0.1) is 0 Å². The van der Waals surface area contributed by atoms with Crippen LogP contribution in [0.4, 0.5) is 5.95 Å². The number of aromatic nitrogens is 3. The fourth-order valence-corrected chi connectivity index (χ4v) is 5.17. The number of nitrogens with one attached hydrogen (secondary N) is 1. The Morgan fingerprint density at radius 1 is 0.921 bits per heavy atom. The third-order valence-electron chi connectivity index (χ3n) is 6.94. The Morgan fingerprint density at radius 2 is 1.61 bits per heavy atom. The molecule has 1 fully saturated rings. The first-order valence-electron chi connectivity index (χ1n) is 12.1. The number of H-pyrrole nitrogens is 1. The van der Waals surface area contributed by atoms with Crippen LogP contribution in [0.25, 0.3) is 33.0 Å². The lowest BCUT2D eigenvalue weighted by molar-refractivity contribution is -0.139. The van der Waals surface area contributed by atoms with E-state index >= 15 is 0 Å². The van der Waals surface area contributed by atoms with Gasteiger partial charge in [0.15, 0.2) is 0 Å². The Hall–Kier alpha value is -3.73. The maximum absolute atomic E-state index is 13.9. The molecule has 0 bridgehead atoms. The van der Waals surface area contributed by atoms with E-state index in [1.807, 2.05) is 48.5 Å². The van der Waals surface area contributed by atoms with Crippen molar-refractivity contribution in [3.05, 3.63) is 66.0 Å². The van der Waals surface area contributed by atoms with Gasteiger partial charge in [0.05, 0.1) is 22.4 Å². The number of hydrogen-bond donors (Lipinski definition) is 3. The van der Waals surface area contributed by atoms with Gasteiger partial charge in [0.1, 0.15) is 6.73 Å². The molecule has 0 atom stereocenters. The van der Waals surface area contributed by atoms with Crippen LogP contribution >= 0.6 is 8.60 Å². The minimum absolute atomic E-state index is 0.123. The van der Waals surface area contributed by atoms with E-state index < -0.39 is 27.1 Å². The molecule has 2 aliphatic heterocycles. The van der Waals surface area contributed by atoms with E-state index in [9.17, 15) is 19.4 Å². The summed E-state index contributed by atoms with van der Waals surface area (Å²) < 4.78 is 4.90. The summed E-state index contributed by atoms with van der Waals surface area (Å²) in [6, 6.07) is 14.9. The Balaban J connectivity index is 1.58. The normalized spacial score (nSPS) is 17.2. The molecule has 0 spiro atoms. The van der Waals surface area contributed by atoms with Crippen molar-refractivity contribution in [3.63, 3.8) is 0 Å². The van der Waals surface area contributed by atoms with Crippen LogP contribution in [0.1, 0.15) is 11.3 Å². The van der Waals surface area contributed by atoms with Crippen LogP contribution in [0.15, 0.2) is 54.7 Å². The number of aromatic amines is 1. The molecule has 2 amide bonds. The number of benzene rings is 2. The highest BCUT2D eigenvalue weighted by atomic mass is 31.2. The smallest absolute Gasteiger partial charge is 0.328 e. The van der Waals surface area contributed by atoms with Crippen LogP contribution < -0.4 is 4.90 Å². The molecular weight excluding hydrogens is 507 g/mol. The number of carbonyl (C=O) groups is 2. The third-order valence-corrected chi connectivity index (χ3v) is 7.29. The lowest BCUT2D eigenvalue weighted by Crippen LogP contribution is -2.45. The molecule has 2 aromatic carbocycles. The van der Waals surface area contributed by atoms with Gasteiger partial charge in [-0.2, -0.15) is 0 Å². The van der Waals surface area contributed by atoms with Crippen molar-refractivity contribution in [2.45, 2.75) is 0 Å². The Morgan fingerprint density at radius 3 is 2.37 bits per heavy atom. The second-order valence-electron chi connectivity index (χ2n) is 9.23. The van der Waals surface area contributed by atoms with E-state index in [-0.39, 0.29) is 11.1 Å². The molecule has 4 heterocycles. The van der Waals surface area contributed by atoms with Crippen molar-refractivity contribution in [2.75, 3.05) is 44.9 Å². The zero-order valence-corrected chi connectivity index (χ0v) is 21.4. The molecule has 0 saturated carbocycles. The number of piperazine rings is 1. The number of rotatable bonds is 6. The highest BCUT2D eigenvalue weighted by Gasteiger charge is 2.42. The average molecular weight is 532 g/mol. The van der Waals surface area contributed by atoms with Gasteiger partial charge in [0.25, 0.3) is 11.8 Å². The molecule has 2 aliphatic rings. The van der Waals surface area contributed by atoms with Gasteiger partial charge in [-0.1, -0.05) is 36.4 Å². The van der Waals surface area contributed by atoms with Gasteiger partial charge in [-0.3, -0.25) is 14.1 Å². The monoisotopic (exact) mass is 532 g/mol. The van der Waals surface area contributed by atoms with Crippen molar-refractivity contribution in [1.82, 2.24) is 24.8 Å². The molecule has 12 heteroatoms. The standard InChI is InChI=1S/C26H25N6O5P/c1-30-10-12-31(13-11-30)26-28-20-9-5-3-7-17(20)23(29-26)22-21(18-14-27-19-8-4-2-6-16(18)19)24(33)32(25(22)34)15-37-38(35)36/h2-9,14,27,35-36H,10-13,15H2,1H3. The average Bonchev–Trinajstić information content (AvgIpc) is 3.45. The lowest BCUT2D eigenvalue weighted by Gasteiger charge is -2.32. The van der Waals surface area contributed by atoms with Crippen molar-refractivity contribution >= 4 is 59.3 Å². The molecule has 4 aromatic rings. The number of amides is 2. The molecule has 1 saturated heterocycles. The highest BCUT2D eigenvalue weighted by Crippen LogP contribution is 2.41. The van der Waals surface area contributed by atoms with Crippen LogP contribution in [-0.2, 0) is 14.1 Å². The second kappa shape index (κ2) is 9.86. The van der Waals surface area contributed by atoms with E-state index in [0.29, 0.717) is 28.1 Å². The molecule has 0 unspecified atom stereocenters. The Labute approximate surface area is 219 Å². The van der Waals surface area contributed by atoms with E-state index in [1.54, 1.807) is 6.20 Å². The summed E-state index contributed by atoms with van der Waals surface area (Å²) in [7, 11) is -0.702. The first kappa shape index (κ1) is 24.6. The van der Waals surface area contributed by atoms with Gasteiger partial charge in [0.2, 0.25) is 5.95 Å². The molecule has 3 N–H and O–H groups in total. The zero-order chi connectivity index (χ0) is 26.4. The van der Waals surface area contributed by atoms with Crippen molar-refractivity contribution in [3.8, 4) is 0 Å². The Kier molecular flexibility index (Phi) is 6.38. The lowest BCUT2D eigenvalue weighted by atomic mass is 9.97. The van der Waals surface area contributed by atoms with E-state index in [0.717, 1.165) is 42.0 Å². The highest BCUT2D eigenvalue weighted by molar-refractivity contribution is 7.39. The number of likely N-dealkylation sites (N-methyl/N-ethyl adjacent to an activating group) is 1. The second-order valence-corrected chi connectivity index (χ2v) is 9.99. The van der Waals surface area contributed by atoms with Crippen LogP contribution in [0, 0.1) is 0 Å². The van der Waals surface area contributed by atoms with Crippen molar-refractivity contribution in [1.29, 1.82) is 0 Å². The SMILES string of the molecule is CN1CCN(c2nc(C3=C(c4c[nH]c5ccccc45)C(=O)N(COP(O)O)C3=O)c3ccccc3n2)CC1. The molecule has 11 nitrogen and oxygen atoms in total. The Bertz CT molecular complexity index is 1590. The maximum atomic E-state index is 13.9. The summed E-state index contributed by atoms with van der Waals surface area (Å²) in [4.78, 5) is 64.2. The predicted molar refractivity (Wildman–Crippen MR) is 144 cm³/mol. The summed E-state index contributed by atoms with van der Waals surface area (Å²) in [5.41, 5.74) is 2.66. The van der Waals surface area contributed by atoms with Crippen LogP contribution in [0.2, 0.25) is 0 Å². The molecule has 194 valence electrons. The van der Waals surface area contributed by atoms with Crippen molar-refractivity contribution < 1.29 is 23.9 Å². The number of fused-ring (bicyclic) bond motifs is 2. The summed E-state index contributed by atoms with van der Waals surface area (Å²) in [5, 5.41) is 1.40. The molecule has 0 radical (unpaired) electrons. The molecular formula is C26H25N6O5P. The van der Waals surface area contributed by atoms with E-state index in [4.69, 9.17) is 14.5 Å². The molecule has 0 aliphatic carbocycles. The largest absolute Gasteiger partial charge is 0.361 e.